The van der Waals surface area contributed by atoms with Crippen LogP contribution >= 0.6 is 0 Å². The summed E-state index contributed by atoms with van der Waals surface area (Å²) < 4.78 is 31.1. The first kappa shape index (κ1) is 21.8. The zero-order valence-electron chi connectivity index (χ0n) is 16.6. The summed E-state index contributed by atoms with van der Waals surface area (Å²) in [6, 6.07) is 14.9. The topological polar surface area (TPSA) is 75.7 Å². The van der Waals surface area contributed by atoms with Crippen molar-refractivity contribution in [1.29, 1.82) is 0 Å². The van der Waals surface area contributed by atoms with Crippen molar-refractivity contribution in [3.8, 4) is 5.75 Å². The Hall–Kier alpha value is -2.54. The fourth-order valence-corrected chi connectivity index (χ4v) is 3.81. The predicted octanol–water partition coefficient (Wildman–Crippen LogP) is 3.26. The van der Waals surface area contributed by atoms with Gasteiger partial charge in [-0.15, -0.1) is 0 Å². The van der Waals surface area contributed by atoms with E-state index in [0.717, 1.165) is 16.9 Å². The Bertz CT molecular complexity index is 897. The predicted molar refractivity (Wildman–Crippen MR) is 112 cm³/mol. The van der Waals surface area contributed by atoms with Crippen LogP contribution in [0.5, 0.6) is 5.75 Å². The fourth-order valence-electron chi connectivity index (χ4n) is 2.85. The number of ether oxygens (including phenoxy) is 1. The lowest BCUT2D eigenvalue weighted by Crippen LogP contribution is -2.32. The molecule has 0 aliphatic rings. The van der Waals surface area contributed by atoms with Gasteiger partial charge in [0.15, 0.2) is 0 Å². The molecule has 0 spiro atoms. The molecular formula is C21H28N2O4S. The summed E-state index contributed by atoms with van der Waals surface area (Å²) in [5, 5.41) is 2.87. The van der Waals surface area contributed by atoms with Gasteiger partial charge < -0.3 is 10.1 Å². The minimum absolute atomic E-state index is 0.112. The molecule has 0 atom stereocenters. The van der Waals surface area contributed by atoms with Crippen molar-refractivity contribution in [3.63, 3.8) is 0 Å². The van der Waals surface area contributed by atoms with Crippen molar-refractivity contribution in [2.45, 2.75) is 33.2 Å². The van der Waals surface area contributed by atoms with Crippen LogP contribution in [-0.2, 0) is 21.4 Å². The summed E-state index contributed by atoms with van der Waals surface area (Å²) in [5.74, 6) is 0.663. The number of aryl methyl sites for hydroxylation is 1. The van der Waals surface area contributed by atoms with Gasteiger partial charge in [0.05, 0.1) is 18.6 Å². The van der Waals surface area contributed by atoms with Gasteiger partial charge in [-0.25, -0.2) is 8.42 Å². The number of benzene rings is 2. The van der Waals surface area contributed by atoms with E-state index in [2.05, 4.69) is 5.32 Å². The summed E-state index contributed by atoms with van der Waals surface area (Å²) in [6.07, 6.45) is 1.87. The molecule has 0 aromatic heterocycles. The molecule has 6 nitrogen and oxygen atoms in total. The van der Waals surface area contributed by atoms with Crippen molar-refractivity contribution >= 4 is 21.6 Å². The van der Waals surface area contributed by atoms with Crippen LogP contribution in [-0.4, -0.2) is 33.7 Å². The first-order chi connectivity index (χ1) is 13.3. The normalized spacial score (nSPS) is 11.1. The summed E-state index contributed by atoms with van der Waals surface area (Å²) in [5.41, 5.74) is 2.56. The number of sulfonamides is 1. The number of nitrogens with zero attached hydrogens (tertiary/aromatic N) is 1. The maximum atomic E-state index is 12.1. The van der Waals surface area contributed by atoms with Crippen LogP contribution in [0.15, 0.2) is 48.5 Å². The number of amides is 1. The highest BCUT2D eigenvalue weighted by molar-refractivity contribution is 7.92. The SMILES string of the molecule is CCOc1cccc(CNC(=O)CCCN(c2cccc(C)c2)S(C)(=O)=O)c1. The molecule has 0 radical (unpaired) electrons. The van der Waals surface area contributed by atoms with Crippen molar-refractivity contribution in [1.82, 2.24) is 5.32 Å². The highest BCUT2D eigenvalue weighted by Crippen LogP contribution is 2.19. The first-order valence-electron chi connectivity index (χ1n) is 9.32. The lowest BCUT2D eigenvalue weighted by molar-refractivity contribution is -0.121. The van der Waals surface area contributed by atoms with Gasteiger partial charge in [0, 0.05) is 19.5 Å². The van der Waals surface area contributed by atoms with Gasteiger partial charge >= 0.3 is 0 Å². The molecule has 0 aliphatic carbocycles. The monoisotopic (exact) mass is 404 g/mol. The van der Waals surface area contributed by atoms with Gasteiger partial charge in [0.2, 0.25) is 15.9 Å². The highest BCUT2D eigenvalue weighted by Gasteiger charge is 2.17. The second-order valence-corrected chi connectivity index (χ2v) is 8.54. The smallest absolute Gasteiger partial charge is 0.232 e. The Kier molecular flexibility index (Phi) is 7.87. The minimum atomic E-state index is -3.41. The molecule has 152 valence electrons. The third-order valence-corrected chi connectivity index (χ3v) is 5.35. The molecule has 2 rings (SSSR count). The van der Waals surface area contributed by atoms with E-state index < -0.39 is 10.0 Å². The Morgan fingerprint density at radius 3 is 2.57 bits per heavy atom. The van der Waals surface area contributed by atoms with E-state index in [0.29, 0.717) is 25.3 Å². The van der Waals surface area contributed by atoms with Crippen molar-refractivity contribution in [2.24, 2.45) is 0 Å². The van der Waals surface area contributed by atoms with Gasteiger partial charge in [0.1, 0.15) is 5.75 Å². The molecule has 1 amide bonds. The number of hydrogen-bond donors (Lipinski definition) is 1. The van der Waals surface area contributed by atoms with Crippen molar-refractivity contribution in [2.75, 3.05) is 23.7 Å². The van der Waals surface area contributed by atoms with Gasteiger partial charge in [-0.05, 0) is 55.7 Å². The third kappa shape index (κ3) is 6.88. The minimum Gasteiger partial charge on any atom is -0.494 e. The molecule has 2 aromatic carbocycles. The zero-order valence-corrected chi connectivity index (χ0v) is 17.5. The van der Waals surface area contributed by atoms with Crippen LogP contribution in [0.3, 0.4) is 0 Å². The number of carbonyl (C=O) groups is 1. The van der Waals surface area contributed by atoms with E-state index in [9.17, 15) is 13.2 Å². The van der Waals surface area contributed by atoms with Crippen LogP contribution in [0.25, 0.3) is 0 Å². The van der Waals surface area contributed by atoms with Crippen molar-refractivity contribution < 1.29 is 17.9 Å². The average molecular weight is 405 g/mol. The van der Waals surface area contributed by atoms with Gasteiger partial charge in [-0.1, -0.05) is 24.3 Å². The van der Waals surface area contributed by atoms with Crippen LogP contribution in [0.1, 0.15) is 30.9 Å². The second-order valence-electron chi connectivity index (χ2n) is 6.63. The Morgan fingerprint density at radius 1 is 1.14 bits per heavy atom. The summed E-state index contributed by atoms with van der Waals surface area (Å²) in [4.78, 5) is 12.1. The van der Waals surface area contributed by atoms with E-state index in [4.69, 9.17) is 4.74 Å². The van der Waals surface area contributed by atoms with Gasteiger partial charge in [-0.3, -0.25) is 9.10 Å². The van der Waals surface area contributed by atoms with Gasteiger partial charge in [0.25, 0.3) is 0 Å². The van der Waals surface area contributed by atoms with Crippen LogP contribution in [0.2, 0.25) is 0 Å². The lowest BCUT2D eigenvalue weighted by atomic mass is 10.2. The van der Waals surface area contributed by atoms with E-state index in [-0.39, 0.29) is 18.9 Å². The maximum Gasteiger partial charge on any atom is 0.232 e. The number of anilines is 1. The molecule has 0 saturated carbocycles. The third-order valence-electron chi connectivity index (χ3n) is 4.15. The second kappa shape index (κ2) is 10.1. The van der Waals surface area contributed by atoms with Crippen LogP contribution in [0.4, 0.5) is 5.69 Å². The number of nitrogens with one attached hydrogen (secondary N) is 1. The zero-order chi connectivity index (χ0) is 20.6. The van der Waals surface area contributed by atoms with Crippen LogP contribution < -0.4 is 14.4 Å². The molecule has 0 unspecified atom stereocenters. The van der Waals surface area contributed by atoms with E-state index in [1.165, 1.54) is 10.6 Å². The van der Waals surface area contributed by atoms with Crippen LogP contribution in [0, 0.1) is 6.92 Å². The summed E-state index contributed by atoms with van der Waals surface area (Å²) in [6.45, 7) is 5.10. The maximum absolute atomic E-state index is 12.1. The molecule has 0 bridgehead atoms. The Morgan fingerprint density at radius 2 is 1.89 bits per heavy atom. The molecule has 0 aliphatic heterocycles. The van der Waals surface area contributed by atoms with Gasteiger partial charge in [-0.2, -0.15) is 0 Å². The largest absolute Gasteiger partial charge is 0.494 e. The number of rotatable bonds is 10. The van der Waals surface area contributed by atoms with E-state index in [1.807, 2.05) is 56.3 Å². The highest BCUT2D eigenvalue weighted by atomic mass is 32.2. The Labute approximate surface area is 167 Å². The molecule has 2 aromatic rings. The molecule has 0 saturated heterocycles. The van der Waals surface area contributed by atoms with Crippen molar-refractivity contribution in [3.05, 3.63) is 59.7 Å². The fraction of sp³-hybridized carbons (Fsp3) is 0.381. The number of hydrogen-bond acceptors (Lipinski definition) is 4. The first-order valence-corrected chi connectivity index (χ1v) is 11.2. The quantitative estimate of drug-likeness (QED) is 0.659. The molecule has 0 fully saturated rings. The standard InChI is InChI=1S/C21H28N2O4S/c1-4-27-20-11-6-9-18(15-20)16-22-21(24)12-7-13-23(28(3,25)26)19-10-5-8-17(2)14-19/h5-6,8-11,14-15H,4,7,12-13,16H2,1-3H3,(H,22,24). The summed E-state index contributed by atoms with van der Waals surface area (Å²) >= 11 is 0. The van der Waals surface area contributed by atoms with E-state index >= 15 is 0 Å². The average Bonchev–Trinajstić information content (AvgIpc) is 2.63. The molecule has 7 heteroatoms. The molecule has 28 heavy (non-hydrogen) atoms. The summed E-state index contributed by atoms with van der Waals surface area (Å²) in [7, 11) is -3.41. The van der Waals surface area contributed by atoms with E-state index in [1.54, 1.807) is 6.07 Å². The molecule has 1 N–H and O–H groups in total. The molecule has 0 heterocycles. The Balaban J connectivity index is 1.86. The molecular weight excluding hydrogens is 376 g/mol. The number of carbonyl (C=O) groups excluding carboxylic acids is 1. The lowest BCUT2D eigenvalue weighted by Gasteiger charge is -2.22.